The zero-order valence-corrected chi connectivity index (χ0v) is 18.0. The first-order valence-electron chi connectivity index (χ1n) is 10.00. The van der Waals surface area contributed by atoms with Gasteiger partial charge in [0, 0.05) is 24.8 Å². The fourth-order valence-corrected chi connectivity index (χ4v) is 3.42. The molecule has 6 nitrogen and oxygen atoms in total. The van der Waals surface area contributed by atoms with E-state index in [1.807, 2.05) is 45.9 Å². The third kappa shape index (κ3) is 4.43. The molecule has 0 saturated carbocycles. The first-order chi connectivity index (χ1) is 14.2. The van der Waals surface area contributed by atoms with Gasteiger partial charge in [-0.3, -0.25) is 19.3 Å². The van der Waals surface area contributed by atoms with Crippen molar-refractivity contribution in [2.75, 3.05) is 17.2 Å². The van der Waals surface area contributed by atoms with Gasteiger partial charge in [0.25, 0.3) is 11.8 Å². The van der Waals surface area contributed by atoms with Crippen molar-refractivity contribution in [2.24, 2.45) is 5.92 Å². The molecule has 0 unspecified atom stereocenters. The summed E-state index contributed by atoms with van der Waals surface area (Å²) in [5, 5.41) is 5.94. The normalized spacial score (nSPS) is 14.0. The van der Waals surface area contributed by atoms with Gasteiger partial charge >= 0.3 is 0 Å². The maximum Gasteiger partial charge on any atom is 0.278 e. The number of aryl methyl sites for hydroxylation is 2. The molecule has 0 atom stereocenters. The topological polar surface area (TPSA) is 78.5 Å². The molecule has 1 aliphatic heterocycles. The molecule has 2 aromatic carbocycles. The highest BCUT2D eigenvalue weighted by molar-refractivity contribution is 6.36. The van der Waals surface area contributed by atoms with E-state index in [0.717, 1.165) is 16.8 Å². The maximum absolute atomic E-state index is 13.2. The van der Waals surface area contributed by atoms with Crippen molar-refractivity contribution in [2.45, 2.75) is 34.6 Å². The van der Waals surface area contributed by atoms with Crippen LogP contribution in [0.15, 0.2) is 48.2 Å². The average molecular weight is 405 g/mol. The molecule has 3 rings (SSSR count). The van der Waals surface area contributed by atoms with Crippen molar-refractivity contribution >= 4 is 34.7 Å². The molecule has 0 aliphatic carbocycles. The lowest BCUT2D eigenvalue weighted by Gasteiger charge is -2.17. The van der Waals surface area contributed by atoms with Crippen molar-refractivity contribution in [3.8, 4) is 0 Å². The van der Waals surface area contributed by atoms with Gasteiger partial charge in [-0.05, 0) is 54.7 Å². The van der Waals surface area contributed by atoms with Crippen LogP contribution < -0.4 is 10.6 Å². The van der Waals surface area contributed by atoms with Gasteiger partial charge < -0.3 is 10.6 Å². The van der Waals surface area contributed by atoms with Crippen molar-refractivity contribution in [3.63, 3.8) is 0 Å². The molecule has 0 saturated heterocycles. The third-order valence-electron chi connectivity index (χ3n) is 4.86. The predicted molar refractivity (Wildman–Crippen MR) is 119 cm³/mol. The van der Waals surface area contributed by atoms with Gasteiger partial charge in [-0.15, -0.1) is 0 Å². The minimum atomic E-state index is -0.324. The van der Waals surface area contributed by atoms with Crippen LogP contribution in [0.3, 0.4) is 0 Å². The monoisotopic (exact) mass is 405 g/mol. The molecule has 0 spiro atoms. The van der Waals surface area contributed by atoms with E-state index in [4.69, 9.17) is 0 Å². The van der Waals surface area contributed by atoms with Gasteiger partial charge in [0.05, 0.1) is 5.57 Å². The van der Waals surface area contributed by atoms with Crippen molar-refractivity contribution < 1.29 is 14.4 Å². The summed E-state index contributed by atoms with van der Waals surface area (Å²) in [5.74, 6) is -0.653. The number of benzene rings is 2. The number of hydrogen-bond donors (Lipinski definition) is 2. The van der Waals surface area contributed by atoms with Gasteiger partial charge in [0.15, 0.2) is 0 Å². The number of nitrogens with zero attached hydrogens (tertiary/aromatic N) is 1. The summed E-state index contributed by atoms with van der Waals surface area (Å²) in [6.45, 7) is 9.66. The minimum absolute atomic E-state index is 0.154. The molecule has 0 radical (unpaired) electrons. The number of hydrogen-bond acceptors (Lipinski definition) is 4. The summed E-state index contributed by atoms with van der Waals surface area (Å²) < 4.78 is 0. The van der Waals surface area contributed by atoms with E-state index >= 15 is 0 Å². The first kappa shape index (κ1) is 21.3. The maximum atomic E-state index is 13.2. The molecule has 3 amide bonds. The van der Waals surface area contributed by atoms with Crippen molar-refractivity contribution in [1.82, 2.24) is 4.90 Å². The number of imide groups is 1. The van der Waals surface area contributed by atoms with E-state index < -0.39 is 0 Å². The first-order valence-corrected chi connectivity index (χ1v) is 10.00. The molecule has 1 heterocycles. The standard InChI is InChI=1S/C24H27N3O3/c1-14(2)13-27-23(29)21(18-8-10-19(11-9-18)25-17(5)28)22(24(27)30)26-20-12-15(3)6-7-16(20)4/h6-12,14,26H,13H2,1-5H3,(H,25,28). The summed E-state index contributed by atoms with van der Waals surface area (Å²) in [5.41, 5.74) is 4.72. The molecule has 30 heavy (non-hydrogen) atoms. The van der Waals surface area contributed by atoms with Crippen LogP contribution in [0.5, 0.6) is 0 Å². The zero-order chi connectivity index (χ0) is 22.0. The molecule has 1 aliphatic rings. The summed E-state index contributed by atoms with van der Waals surface area (Å²) in [7, 11) is 0. The summed E-state index contributed by atoms with van der Waals surface area (Å²) in [4.78, 5) is 39.0. The van der Waals surface area contributed by atoms with Gasteiger partial charge in [-0.25, -0.2) is 0 Å². The number of nitrogens with one attached hydrogen (secondary N) is 2. The van der Waals surface area contributed by atoms with Crippen LogP contribution in [0.2, 0.25) is 0 Å². The summed E-state index contributed by atoms with van der Waals surface area (Å²) >= 11 is 0. The summed E-state index contributed by atoms with van der Waals surface area (Å²) in [6.07, 6.45) is 0. The minimum Gasteiger partial charge on any atom is -0.350 e. The Morgan fingerprint density at radius 3 is 2.27 bits per heavy atom. The van der Waals surface area contributed by atoms with Crippen LogP contribution in [0.1, 0.15) is 37.5 Å². The highest BCUT2D eigenvalue weighted by Gasteiger charge is 2.39. The lowest BCUT2D eigenvalue weighted by atomic mass is 10.0. The van der Waals surface area contributed by atoms with Crippen LogP contribution in [-0.4, -0.2) is 29.2 Å². The molecule has 0 bridgehead atoms. The average Bonchev–Trinajstić information content (AvgIpc) is 2.89. The SMILES string of the molecule is CC(=O)Nc1ccc(C2=C(Nc3cc(C)ccc3C)C(=O)N(CC(C)C)C2=O)cc1. The van der Waals surface area contributed by atoms with Gasteiger partial charge in [-0.1, -0.05) is 38.1 Å². The lowest BCUT2D eigenvalue weighted by molar-refractivity contribution is -0.137. The fraction of sp³-hybridized carbons (Fsp3) is 0.292. The lowest BCUT2D eigenvalue weighted by Crippen LogP contribution is -2.35. The van der Waals surface area contributed by atoms with Crippen LogP contribution >= 0.6 is 0 Å². The van der Waals surface area contributed by atoms with E-state index in [9.17, 15) is 14.4 Å². The van der Waals surface area contributed by atoms with Crippen LogP contribution in [-0.2, 0) is 14.4 Å². The number of carbonyl (C=O) groups excluding carboxylic acids is 3. The second kappa shape index (κ2) is 8.53. The smallest absolute Gasteiger partial charge is 0.278 e. The third-order valence-corrected chi connectivity index (χ3v) is 4.86. The Morgan fingerprint density at radius 2 is 1.67 bits per heavy atom. The van der Waals surface area contributed by atoms with Crippen LogP contribution in [0.4, 0.5) is 11.4 Å². The van der Waals surface area contributed by atoms with E-state index in [-0.39, 0.29) is 29.3 Å². The van der Waals surface area contributed by atoms with Gasteiger partial charge in [0.2, 0.25) is 5.91 Å². The molecule has 156 valence electrons. The molecule has 2 aromatic rings. The van der Waals surface area contributed by atoms with Crippen molar-refractivity contribution in [3.05, 3.63) is 64.9 Å². The van der Waals surface area contributed by atoms with Crippen LogP contribution in [0.25, 0.3) is 5.57 Å². The Labute approximate surface area is 177 Å². The molecule has 0 aromatic heterocycles. The summed E-state index contributed by atoms with van der Waals surface area (Å²) in [6, 6.07) is 12.9. The number of amides is 3. The van der Waals surface area contributed by atoms with Crippen LogP contribution in [0, 0.1) is 19.8 Å². The van der Waals surface area contributed by atoms with E-state index in [2.05, 4.69) is 10.6 Å². The van der Waals surface area contributed by atoms with E-state index in [0.29, 0.717) is 23.4 Å². The molecule has 6 heteroatoms. The fourth-order valence-electron chi connectivity index (χ4n) is 3.42. The highest BCUT2D eigenvalue weighted by Crippen LogP contribution is 2.32. The Bertz CT molecular complexity index is 1040. The quantitative estimate of drug-likeness (QED) is 0.709. The zero-order valence-electron chi connectivity index (χ0n) is 18.0. The van der Waals surface area contributed by atoms with E-state index in [1.165, 1.54) is 11.8 Å². The number of carbonyl (C=O) groups is 3. The highest BCUT2D eigenvalue weighted by atomic mass is 16.2. The molecule has 2 N–H and O–H groups in total. The Balaban J connectivity index is 2.06. The van der Waals surface area contributed by atoms with E-state index in [1.54, 1.807) is 24.3 Å². The number of anilines is 2. The molecule has 0 fully saturated rings. The van der Waals surface area contributed by atoms with Crippen molar-refractivity contribution in [1.29, 1.82) is 0 Å². The molecular weight excluding hydrogens is 378 g/mol. The second-order valence-corrected chi connectivity index (χ2v) is 8.07. The number of rotatable bonds is 6. The molecular formula is C24H27N3O3. The Morgan fingerprint density at radius 1 is 1.00 bits per heavy atom. The van der Waals surface area contributed by atoms with Gasteiger partial charge in [-0.2, -0.15) is 0 Å². The second-order valence-electron chi connectivity index (χ2n) is 8.07. The largest absolute Gasteiger partial charge is 0.350 e. The Kier molecular flexibility index (Phi) is 6.06. The Hall–Kier alpha value is -3.41. The van der Waals surface area contributed by atoms with Gasteiger partial charge in [0.1, 0.15) is 5.70 Å². The predicted octanol–water partition coefficient (Wildman–Crippen LogP) is 4.11.